The fourth-order valence-electron chi connectivity index (χ4n) is 5.86. The summed E-state index contributed by atoms with van der Waals surface area (Å²) in [6.45, 7) is 38.1. The maximum absolute atomic E-state index is 7.51. The minimum atomic E-state index is -4.14. The predicted molar refractivity (Wildman–Crippen MR) is 146 cm³/mol. The molecule has 7 heteroatoms. The Labute approximate surface area is 215 Å². The molecule has 0 amide bonds. The van der Waals surface area contributed by atoms with Crippen LogP contribution in [0.5, 0.6) is 0 Å². The van der Waals surface area contributed by atoms with Crippen LogP contribution in [0.1, 0.15) is 111 Å². The zero-order valence-electron chi connectivity index (χ0n) is 25.2. The molecule has 0 aromatic heterocycles. The van der Waals surface area contributed by atoms with Crippen molar-refractivity contribution in [1.82, 2.24) is 0 Å². The van der Waals surface area contributed by atoms with Crippen LogP contribution in [0.4, 0.5) is 0 Å². The number of hydrogen-bond donors (Lipinski definition) is 0. The molecule has 0 spiro atoms. The Morgan fingerprint density at radius 2 is 0.636 bits per heavy atom. The Hall–Kier alpha value is 0.988. The summed E-state index contributed by atoms with van der Waals surface area (Å²) in [5, 5.41) is 0. The van der Waals surface area contributed by atoms with Crippen LogP contribution in [0.2, 0.25) is 33.2 Å². The third-order valence-corrected chi connectivity index (χ3v) is 26.5. The van der Waals surface area contributed by atoms with Crippen molar-refractivity contribution in [2.45, 2.75) is 144 Å². The topological polar surface area (TPSA) is 36.9 Å². The molecule has 0 aromatic carbocycles. The van der Waals surface area contributed by atoms with Gasteiger partial charge in [-0.1, -0.05) is 0 Å². The van der Waals surface area contributed by atoms with Gasteiger partial charge in [0.2, 0.25) is 0 Å². The van der Waals surface area contributed by atoms with Crippen LogP contribution >= 0.6 is 0 Å². The molecule has 0 saturated heterocycles. The van der Waals surface area contributed by atoms with Gasteiger partial charge in [-0.25, -0.2) is 0 Å². The average molecular weight is 541 g/mol. The van der Waals surface area contributed by atoms with Gasteiger partial charge in [0.1, 0.15) is 0 Å². The van der Waals surface area contributed by atoms with Crippen molar-refractivity contribution in [2.24, 2.45) is 11.8 Å². The van der Waals surface area contributed by atoms with Crippen LogP contribution in [-0.2, 0) is 30.8 Å². The second kappa shape index (κ2) is 14.1. The summed E-state index contributed by atoms with van der Waals surface area (Å²) in [6, 6.07) is 0. The molecule has 0 aliphatic carbocycles. The van der Waals surface area contributed by atoms with Gasteiger partial charge in [0.05, 0.1) is 0 Å². The van der Waals surface area contributed by atoms with E-state index in [1.807, 2.05) is 0 Å². The van der Waals surface area contributed by atoms with E-state index in [1.54, 1.807) is 0 Å². The van der Waals surface area contributed by atoms with Gasteiger partial charge in [-0.05, 0) is 0 Å². The van der Waals surface area contributed by atoms with Gasteiger partial charge >= 0.3 is 217 Å². The van der Waals surface area contributed by atoms with E-state index in [0.29, 0.717) is 58.3 Å². The molecule has 0 aliphatic rings. The second-order valence-corrected chi connectivity index (χ2v) is 27.9. The summed E-state index contributed by atoms with van der Waals surface area (Å²) in [7, 11) is -4.56. The Balaban J connectivity index is 7.00. The molecular weight excluding hydrogens is 480 g/mol. The van der Waals surface area contributed by atoms with Gasteiger partial charge in [-0.15, -0.1) is 0 Å². The Morgan fingerprint density at radius 1 is 0.424 bits per heavy atom. The fourth-order valence-corrected chi connectivity index (χ4v) is 30.7. The van der Waals surface area contributed by atoms with Crippen LogP contribution < -0.4 is 0 Å². The molecule has 0 saturated carbocycles. The molecule has 0 aliphatic heterocycles. The van der Waals surface area contributed by atoms with Gasteiger partial charge in [-0.3, -0.25) is 0 Å². The molecule has 0 aromatic rings. The molecule has 0 N–H and O–H groups in total. The van der Waals surface area contributed by atoms with Crippen molar-refractivity contribution < 1.29 is 30.8 Å². The van der Waals surface area contributed by atoms with Crippen molar-refractivity contribution >= 4 is 16.6 Å². The van der Waals surface area contributed by atoms with E-state index in [-0.39, 0.29) is 0 Å². The van der Waals surface area contributed by atoms with Gasteiger partial charge in [0.25, 0.3) is 0 Å². The summed E-state index contributed by atoms with van der Waals surface area (Å²) in [4.78, 5) is 0. The molecule has 0 unspecified atom stereocenters. The van der Waals surface area contributed by atoms with E-state index in [9.17, 15) is 0 Å². The summed E-state index contributed by atoms with van der Waals surface area (Å²) < 4.78 is 28.7. The Morgan fingerprint density at radius 3 is 0.788 bits per heavy atom. The quantitative estimate of drug-likeness (QED) is 0.183. The first-order valence-corrected chi connectivity index (χ1v) is 20.4. The molecule has 0 rings (SSSR count). The number of rotatable bonds is 16. The van der Waals surface area contributed by atoms with E-state index >= 15 is 0 Å². The first kappa shape index (κ1) is 34.0. The van der Waals surface area contributed by atoms with Crippen molar-refractivity contribution in [3.05, 3.63) is 0 Å². The fraction of sp³-hybridized carbons (Fsp3) is 1.00. The van der Waals surface area contributed by atoms with Gasteiger partial charge in [0, 0.05) is 0 Å². The molecule has 0 heterocycles. The van der Waals surface area contributed by atoms with Gasteiger partial charge in [0.15, 0.2) is 0 Å². The molecule has 0 bridgehead atoms. The number of hydrogen-bond acceptors (Lipinski definition) is 4. The van der Waals surface area contributed by atoms with Gasteiger partial charge in [-0.2, -0.15) is 0 Å². The Kier molecular flexibility index (Phi) is 14.5. The maximum atomic E-state index is 7.51. The summed E-state index contributed by atoms with van der Waals surface area (Å²) >= 11 is -4.14. The van der Waals surface area contributed by atoms with Crippen LogP contribution in [0.25, 0.3) is 0 Å². The molecule has 4 nitrogen and oxygen atoms in total. The second-order valence-electron chi connectivity index (χ2n) is 12.7. The van der Waals surface area contributed by atoms with E-state index in [2.05, 4.69) is 111 Å². The molecule has 0 fully saturated rings. The normalized spacial score (nSPS) is 14.5. The van der Waals surface area contributed by atoms with Gasteiger partial charge < -0.3 is 0 Å². The first-order valence-electron chi connectivity index (χ1n) is 13.6. The van der Waals surface area contributed by atoms with Crippen molar-refractivity contribution in [1.29, 1.82) is 0 Å². The SMILES string of the molecule is CC(C)C[O][Ti]([O]CC(C)C)([O][Si](C(C)C)(C(C)C)C(C)C)[O][Si](C(C)C)(C(C)C)C(C)C. The standard InChI is InChI=1S/2C9H21OSi.2C4H9O.Ti/c2*1-7(2)11(10,8(3)4)9(5)6;2*1-4(2)3-5;/h2*7-9H,1-6H3;2*4H,3H2,1-2H3;/q4*-1;+4. The van der Waals surface area contributed by atoms with Crippen molar-refractivity contribution in [2.75, 3.05) is 13.2 Å². The van der Waals surface area contributed by atoms with E-state index in [0.717, 1.165) is 0 Å². The summed E-state index contributed by atoms with van der Waals surface area (Å²) in [5.74, 6) is 0.789. The average Bonchev–Trinajstić information content (AvgIpc) is 2.64. The van der Waals surface area contributed by atoms with E-state index in [4.69, 9.17) is 12.7 Å². The van der Waals surface area contributed by atoms with Crippen LogP contribution in [0, 0.1) is 11.8 Å². The monoisotopic (exact) mass is 540 g/mol. The van der Waals surface area contributed by atoms with Crippen LogP contribution in [-0.4, -0.2) is 29.8 Å². The summed E-state index contributed by atoms with van der Waals surface area (Å²) in [6.07, 6.45) is 0. The third-order valence-electron chi connectivity index (χ3n) is 7.20. The van der Waals surface area contributed by atoms with Crippen LogP contribution in [0.3, 0.4) is 0 Å². The van der Waals surface area contributed by atoms with Crippen LogP contribution in [0.15, 0.2) is 0 Å². The zero-order valence-corrected chi connectivity index (χ0v) is 28.7. The predicted octanol–water partition coefficient (Wildman–Crippen LogP) is 9.53. The van der Waals surface area contributed by atoms with E-state index < -0.39 is 34.8 Å². The summed E-state index contributed by atoms with van der Waals surface area (Å²) in [5.41, 5.74) is 2.69. The zero-order chi connectivity index (χ0) is 26.4. The van der Waals surface area contributed by atoms with Crippen molar-refractivity contribution in [3.63, 3.8) is 0 Å². The first-order chi connectivity index (χ1) is 14.9. The Bertz CT molecular complexity index is 457. The van der Waals surface area contributed by atoms with Crippen molar-refractivity contribution in [3.8, 4) is 0 Å². The molecule has 0 radical (unpaired) electrons. The molecule has 33 heavy (non-hydrogen) atoms. The molecular formula is C26H60O4Si2Ti. The third kappa shape index (κ3) is 8.52. The van der Waals surface area contributed by atoms with E-state index in [1.165, 1.54) is 0 Å². The molecule has 200 valence electrons. The molecule has 0 atom stereocenters. The minimum absolute atomic E-state index is 0.395.